The maximum Gasteiger partial charge on any atom is 0.407 e. The molecule has 0 aliphatic carbocycles. The normalized spacial score (nSPS) is 17.8. The number of likely N-dealkylation sites (tertiary alicyclic amines) is 2. The van der Waals surface area contributed by atoms with Crippen LogP contribution in [0, 0.1) is 11.8 Å². The van der Waals surface area contributed by atoms with Crippen molar-refractivity contribution in [1.29, 1.82) is 0 Å². The standard InChI is InChI=1S/C45H51N9O6/c1-24(2)38(51-44(57)59-5)42(55)53-17-7-9-36(53)40-47-31-15-13-27(21-34(31)49-40)26-11-12-28-20-33(46-23-30(28)19-26)29-14-16-32-35(22-29)50-41(48-32)37-10-8-18-54(37)43(56)39(25(3)4)52-45(58)60-6/h11-16,19-25,36-39H,7-10,17-18H2,1-6H3,(H,47,49)(H,48,50)(H,51,57)(H,52,58)/t36-,37-,38-,39?/m0/s1. The fraction of sp³-hybridized carbons (Fsp3) is 0.400. The lowest BCUT2D eigenvalue weighted by Gasteiger charge is -2.29. The Balaban J connectivity index is 0.993. The lowest BCUT2D eigenvalue weighted by Crippen LogP contribution is -2.51. The highest BCUT2D eigenvalue weighted by atomic mass is 16.5. The summed E-state index contributed by atoms with van der Waals surface area (Å²) in [7, 11) is 2.58. The molecule has 3 aromatic carbocycles. The zero-order valence-corrected chi connectivity index (χ0v) is 34.7. The first-order valence-electron chi connectivity index (χ1n) is 20.6. The first-order valence-corrected chi connectivity index (χ1v) is 20.6. The van der Waals surface area contributed by atoms with Crippen LogP contribution in [0.2, 0.25) is 0 Å². The van der Waals surface area contributed by atoms with Gasteiger partial charge in [0.2, 0.25) is 11.8 Å². The van der Waals surface area contributed by atoms with Gasteiger partial charge in [-0.05, 0) is 90.4 Å². The Bertz CT molecular complexity index is 2420. The number of hydrogen-bond acceptors (Lipinski definition) is 9. The van der Waals surface area contributed by atoms with E-state index >= 15 is 0 Å². The summed E-state index contributed by atoms with van der Waals surface area (Å²) in [5.74, 6) is 0.935. The van der Waals surface area contributed by atoms with Crippen LogP contribution in [-0.4, -0.2) is 98.1 Å². The number of nitrogens with one attached hydrogen (secondary N) is 4. The van der Waals surface area contributed by atoms with Gasteiger partial charge in [0.05, 0.1) is 54.1 Å². The molecule has 2 fully saturated rings. The molecule has 0 radical (unpaired) electrons. The predicted octanol–water partition coefficient (Wildman–Crippen LogP) is 7.41. The lowest BCUT2D eigenvalue weighted by molar-refractivity contribution is -0.136. The minimum atomic E-state index is -0.700. The van der Waals surface area contributed by atoms with Crippen LogP contribution in [0.4, 0.5) is 9.59 Å². The third-order valence-corrected chi connectivity index (χ3v) is 11.8. The first-order chi connectivity index (χ1) is 28.9. The SMILES string of the molecule is COC(=O)NC(C(=O)N1CCC[C@H]1c1nc2ccc(-c3cc4ccc(-c5ccc6nc([C@@H]7CCCN7C(=O)[C@@H](NC(=O)OC)C(C)C)[nH]c6c5)cc4cn3)cc2[nH]1)C(C)C. The van der Waals surface area contributed by atoms with E-state index in [1.807, 2.05) is 68.0 Å². The number of nitrogens with zero attached hydrogens (tertiary/aromatic N) is 5. The summed E-state index contributed by atoms with van der Waals surface area (Å²) in [6.07, 6.45) is 3.86. The fourth-order valence-corrected chi connectivity index (χ4v) is 8.58. The molecule has 5 heterocycles. The van der Waals surface area contributed by atoms with E-state index in [9.17, 15) is 19.2 Å². The largest absolute Gasteiger partial charge is 0.453 e. The van der Waals surface area contributed by atoms with Gasteiger partial charge in [-0.3, -0.25) is 14.6 Å². The van der Waals surface area contributed by atoms with Gasteiger partial charge in [0, 0.05) is 30.2 Å². The van der Waals surface area contributed by atoms with Crippen LogP contribution in [-0.2, 0) is 19.1 Å². The van der Waals surface area contributed by atoms with E-state index in [1.54, 1.807) is 0 Å². The Morgan fingerprint density at radius 2 is 1.13 bits per heavy atom. The molecule has 1 unspecified atom stereocenters. The van der Waals surface area contributed by atoms with E-state index in [4.69, 9.17) is 24.4 Å². The Hall–Kier alpha value is -6.51. The monoisotopic (exact) mass is 813 g/mol. The smallest absolute Gasteiger partial charge is 0.407 e. The molecule has 4 amide bonds. The van der Waals surface area contributed by atoms with Crippen molar-refractivity contribution in [1.82, 2.24) is 45.4 Å². The van der Waals surface area contributed by atoms with E-state index in [2.05, 4.69) is 57.0 Å². The number of methoxy groups -OCH3 is 2. The fourth-order valence-electron chi connectivity index (χ4n) is 8.58. The molecule has 2 saturated heterocycles. The summed E-state index contributed by atoms with van der Waals surface area (Å²) in [4.78, 5) is 76.6. The molecule has 15 nitrogen and oxygen atoms in total. The lowest BCUT2D eigenvalue weighted by atomic mass is 10.0. The average Bonchev–Trinajstić information content (AvgIpc) is 4.08. The van der Waals surface area contributed by atoms with Crippen LogP contribution in [0.3, 0.4) is 0 Å². The molecule has 2 aliphatic rings. The Labute approximate surface area is 347 Å². The topological polar surface area (TPSA) is 188 Å². The van der Waals surface area contributed by atoms with E-state index in [-0.39, 0.29) is 35.7 Å². The van der Waals surface area contributed by atoms with Gasteiger partial charge < -0.3 is 39.9 Å². The number of rotatable bonds is 10. The summed E-state index contributed by atoms with van der Waals surface area (Å²) in [6.45, 7) is 8.78. The zero-order chi connectivity index (χ0) is 42.2. The second kappa shape index (κ2) is 16.6. The van der Waals surface area contributed by atoms with Gasteiger partial charge in [0.15, 0.2) is 0 Å². The van der Waals surface area contributed by atoms with Crippen molar-refractivity contribution in [3.8, 4) is 22.4 Å². The first kappa shape index (κ1) is 40.3. The van der Waals surface area contributed by atoms with Crippen LogP contribution in [0.15, 0.2) is 66.9 Å². The van der Waals surface area contributed by atoms with Crippen LogP contribution in [0.5, 0.6) is 0 Å². The third-order valence-electron chi connectivity index (χ3n) is 11.8. The second-order valence-electron chi connectivity index (χ2n) is 16.4. The molecule has 3 aromatic heterocycles. The molecular formula is C45H51N9O6. The zero-order valence-electron chi connectivity index (χ0n) is 34.7. The van der Waals surface area contributed by atoms with Crippen molar-refractivity contribution in [2.24, 2.45) is 11.8 Å². The van der Waals surface area contributed by atoms with E-state index in [0.29, 0.717) is 13.1 Å². The number of pyridine rings is 1. The minimum absolute atomic E-state index is 0.113. The van der Waals surface area contributed by atoms with Crippen LogP contribution in [0.1, 0.15) is 77.1 Å². The number of H-pyrrole nitrogens is 2. The van der Waals surface area contributed by atoms with Gasteiger partial charge in [-0.1, -0.05) is 52.0 Å². The van der Waals surface area contributed by atoms with Gasteiger partial charge in [0.25, 0.3) is 0 Å². The maximum absolute atomic E-state index is 13.7. The molecule has 4 atom stereocenters. The summed E-state index contributed by atoms with van der Waals surface area (Å²) in [5, 5.41) is 7.46. The minimum Gasteiger partial charge on any atom is -0.453 e. The number of amides is 4. The highest BCUT2D eigenvalue weighted by molar-refractivity contribution is 5.92. The van der Waals surface area contributed by atoms with Gasteiger partial charge in [-0.25, -0.2) is 19.6 Å². The number of hydrogen-bond donors (Lipinski definition) is 4. The van der Waals surface area contributed by atoms with E-state index in [1.165, 1.54) is 14.2 Å². The number of carbonyl (C=O) groups excluding carboxylic acids is 4. The molecule has 8 rings (SSSR count). The summed E-state index contributed by atoms with van der Waals surface area (Å²) in [5.41, 5.74) is 7.17. The molecule has 312 valence electrons. The number of carbonyl (C=O) groups is 4. The van der Waals surface area contributed by atoms with E-state index < -0.39 is 24.3 Å². The number of aromatic amines is 2. The summed E-state index contributed by atoms with van der Waals surface area (Å²) < 4.78 is 9.56. The molecule has 0 spiro atoms. The molecule has 6 aromatic rings. The van der Waals surface area contributed by atoms with Gasteiger partial charge >= 0.3 is 12.2 Å². The Morgan fingerprint density at radius 1 is 0.650 bits per heavy atom. The Kier molecular flexibility index (Phi) is 11.2. The van der Waals surface area contributed by atoms with Crippen LogP contribution in [0.25, 0.3) is 55.2 Å². The number of ether oxygens (including phenoxy) is 2. The van der Waals surface area contributed by atoms with Crippen molar-refractivity contribution >= 4 is 56.8 Å². The number of fused-ring (bicyclic) bond motifs is 3. The number of imidazole rings is 2. The van der Waals surface area contributed by atoms with Crippen molar-refractivity contribution < 1.29 is 28.7 Å². The molecule has 4 N–H and O–H groups in total. The van der Waals surface area contributed by atoms with Crippen molar-refractivity contribution in [2.45, 2.75) is 77.5 Å². The highest BCUT2D eigenvalue weighted by Gasteiger charge is 2.39. The number of benzene rings is 3. The summed E-state index contributed by atoms with van der Waals surface area (Å²) in [6, 6.07) is 18.7. The van der Waals surface area contributed by atoms with Crippen molar-refractivity contribution in [3.63, 3.8) is 0 Å². The van der Waals surface area contributed by atoms with Gasteiger partial charge in [0.1, 0.15) is 23.7 Å². The van der Waals surface area contributed by atoms with Gasteiger partial charge in [-0.2, -0.15) is 0 Å². The number of aromatic nitrogens is 5. The molecule has 0 saturated carbocycles. The second-order valence-corrected chi connectivity index (χ2v) is 16.4. The number of alkyl carbamates (subject to hydrolysis) is 2. The van der Waals surface area contributed by atoms with Crippen LogP contribution < -0.4 is 10.6 Å². The molecule has 2 aliphatic heterocycles. The molecule has 60 heavy (non-hydrogen) atoms. The predicted molar refractivity (Wildman–Crippen MR) is 228 cm³/mol. The van der Waals surface area contributed by atoms with Crippen molar-refractivity contribution in [2.75, 3.05) is 27.3 Å². The van der Waals surface area contributed by atoms with Crippen molar-refractivity contribution in [3.05, 3.63) is 78.5 Å². The Morgan fingerprint density at radius 3 is 1.65 bits per heavy atom. The van der Waals surface area contributed by atoms with Gasteiger partial charge in [-0.15, -0.1) is 0 Å². The third kappa shape index (κ3) is 7.83. The molecule has 15 heteroatoms. The van der Waals surface area contributed by atoms with E-state index in [0.717, 1.165) is 92.6 Å². The molecule has 0 bridgehead atoms. The average molecular weight is 814 g/mol. The quantitative estimate of drug-likeness (QED) is 0.109. The molecular weight excluding hydrogens is 763 g/mol. The summed E-state index contributed by atoms with van der Waals surface area (Å²) >= 11 is 0. The maximum atomic E-state index is 13.7. The van der Waals surface area contributed by atoms with Crippen LogP contribution >= 0.6 is 0 Å². The highest BCUT2D eigenvalue weighted by Crippen LogP contribution is 2.36.